The van der Waals surface area contributed by atoms with Crippen LogP contribution in [0.2, 0.25) is 0 Å². The number of hydrogen-bond acceptors (Lipinski definition) is 4. The van der Waals surface area contributed by atoms with Gasteiger partial charge in [0.15, 0.2) is 0 Å². The molecule has 1 aromatic carbocycles. The van der Waals surface area contributed by atoms with Crippen LogP contribution in [0.1, 0.15) is 5.69 Å². The predicted molar refractivity (Wildman–Crippen MR) is 86.6 cm³/mol. The number of imidazole rings is 1. The summed E-state index contributed by atoms with van der Waals surface area (Å²) < 4.78 is 2.09. The second kappa shape index (κ2) is 5.44. The van der Waals surface area contributed by atoms with Crippen molar-refractivity contribution < 1.29 is 0 Å². The normalized spacial score (nSPS) is 10.8. The van der Waals surface area contributed by atoms with Crippen LogP contribution >= 0.6 is 0 Å². The first-order chi connectivity index (χ1) is 10.2. The van der Waals surface area contributed by atoms with E-state index in [1.165, 1.54) is 0 Å². The van der Waals surface area contributed by atoms with Gasteiger partial charge in [0.25, 0.3) is 0 Å². The third-order valence-electron chi connectivity index (χ3n) is 3.55. The van der Waals surface area contributed by atoms with Crippen LogP contribution in [-0.2, 0) is 13.6 Å². The summed E-state index contributed by atoms with van der Waals surface area (Å²) in [6.07, 6.45) is 3.72. The lowest BCUT2D eigenvalue weighted by Gasteiger charge is -2.13. The highest BCUT2D eigenvalue weighted by atomic mass is 15.3. The molecule has 0 saturated carbocycles. The Hall–Kier alpha value is -2.56. The first kappa shape index (κ1) is 13.4. The molecule has 0 spiro atoms. The van der Waals surface area contributed by atoms with Crippen LogP contribution in [0.4, 0.5) is 11.6 Å². The minimum atomic E-state index is 0.715. The molecular weight excluding hydrogens is 262 g/mol. The van der Waals surface area contributed by atoms with Gasteiger partial charge in [0.05, 0.1) is 29.6 Å². The average molecular weight is 281 g/mol. The number of rotatable bonds is 4. The molecule has 5 heteroatoms. The summed E-state index contributed by atoms with van der Waals surface area (Å²) >= 11 is 0. The number of aromatic nitrogens is 3. The van der Waals surface area contributed by atoms with E-state index in [2.05, 4.69) is 38.1 Å². The second-order valence-electron chi connectivity index (χ2n) is 5.24. The molecule has 0 aliphatic heterocycles. The van der Waals surface area contributed by atoms with E-state index >= 15 is 0 Å². The molecule has 108 valence electrons. The number of para-hydroxylation sites is 1. The minimum Gasteiger partial charge on any atom is -0.378 e. The molecule has 3 aromatic rings. The standard InChI is InChI=1S/C16H19N5/c1-20(2)16-19-11-13(21(16)3)10-18-14-8-4-6-12-7-5-9-17-15(12)14/h4-9,11,18H,10H2,1-3H3. The lowest BCUT2D eigenvalue weighted by molar-refractivity contribution is 0.814. The van der Waals surface area contributed by atoms with Gasteiger partial charge in [-0.1, -0.05) is 18.2 Å². The highest BCUT2D eigenvalue weighted by Crippen LogP contribution is 2.21. The molecule has 2 heterocycles. The summed E-state index contributed by atoms with van der Waals surface area (Å²) in [5, 5.41) is 4.60. The maximum Gasteiger partial charge on any atom is 0.204 e. The fourth-order valence-electron chi connectivity index (χ4n) is 2.45. The van der Waals surface area contributed by atoms with Crippen molar-refractivity contribution in [2.75, 3.05) is 24.3 Å². The first-order valence-corrected chi connectivity index (χ1v) is 6.92. The smallest absolute Gasteiger partial charge is 0.204 e. The number of pyridine rings is 1. The van der Waals surface area contributed by atoms with E-state index in [9.17, 15) is 0 Å². The molecule has 0 fully saturated rings. The molecule has 0 atom stereocenters. The van der Waals surface area contributed by atoms with Gasteiger partial charge < -0.3 is 14.8 Å². The van der Waals surface area contributed by atoms with E-state index in [4.69, 9.17) is 0 Å². The number of hydrogen-bond donors (Lipinski definition) is 1. The Morgan fingerprint density at radius 2 is 1.95 bits per heavy atom. The number of nitrogens with one attached hydrogen (secondary N) is 1. The number of fused-ring (bicyclic) bond motifs is 1. The Labute approximate surface area is 124 Å². The molecule has 0 aliphatic rings. The van der Waals surface area contributed by atoms with Gasteiger partial charge in [-0.2, -0.15) is 0 Å². The molecule has 1 N–H and O–H groups in total. The van der Waals surface area contributed by atoms with Gasteiger partial charge in [-0.25, -0.2) is 4.98 Å². The van der Waals surface area contributed by atoms with Crippen molar-refractivity contribution >= 4 is 22.5 Å². The fraction of sp³-hybridized carbons (Fsp3) is 0.250. The zero-order chi connectivity index (χ0) is 14.8. The first-order valence-electron chi connectivity index (χ1n) is 6.92. The van der Waals surface area contributed by atoms with Gasteiger partial charge >= 0.3 is 0 Å². The Morgan fingerprint density at radius 1 is 1.14 bits per heavy atom. The summed E-state index contributed by atoms with van der Waals surface area (Å²) in [7, 11) is 6.02. The molecule has 5 nitrogen and oxygen atoms in total. The van der Waals surface area contributed by atoms with Crippen molar-refractivity contribution in [2.45, 2.75) is 6.54 Å². The fourth-order valence-corrected chi connectivity index (χ4v) is 2.45. The van der Waals surface area contributed by atoms with Gasteiger partial charge in [-0.15, -0.1) is 0 Å². The van der Waals surface area contributed by atoms with Crippen molar-refractivity contribution in [1.82, 2.24) is 14.5 Å². The highest BCUT2D eigenvalue weighted by Gasteiger charge is 2.08. The van der Waals surface area contributed by atoms with Crippen LogP contribution in [0, 0.1) is 0 Å². The highest BCUT2D eigenvalue weighted by molar-refractivity contribution is 5.90. The van der Waals surface area contributed by atoms with Crippen molar-refractivity contribution in [3.63, 3.8) is 0 Å². The zero-order valence-electron chi connectivity index (χ0n) is 12.5. The number of benzene rings is 1. The minimum absolute atomic E-state index is 0.715. The summed E-state index contributed by atoms with van der Waals surface area (Å²) in [6.45, 7) is 0.715. The summed E-state index contributed by atoms with van der Waals surface area (Å²) in [4.78, 5) is 10.9. The molecule has 0 bridgehead atoms. The maximum atomic E-state index is 4.46. The third-order valence-corrected chi connectivity index (χ3v) is 3.55. The molecule has 2 aromatic heterocycles. The zero-order valence-corrected chi connectivity index (χ0v) is 12.5. The summed E-state index contributed by atoms with van der Waals surface area (Å²) in [5.74, 6) is 0.947. The Kier molecular flexibility index (Phi) is 3.48. The number of anilines is 2. The van der Waals surface area contributed by atoms with Crippen molar-refractivity contribution in [1.29, 1.82) is 0 Å². The predicted octanol–water partition coefficient (Wildman–Crippen LogP) is 2.65. The van der Waals surface area contributed by atoms with Crippen LogP contribution in [0.5, 0.6) is 0 Å². The van der Waals surface area contributed by atoms with Crippen LogP contribution in [0.3, 0.4) is 0 Å². The lowest BCUT2D eigenvalue weighted by atomic mass is 10.2. The van der Waals surface area contributed by atoms with Crippen LogP contribution in [0.15, 0.2) is 42.7 Å². The molecule has 0 unspecified atom stereocenters. The second-order valence-corrected chi connectivity index (χ2v) is 5.24. The van der Waals surface area contributed by atoms with Gasteiger partial charge in [0.2, 0.25) is 5.95 Å². The SMILES string of the molecule is CN(C)c1ncc(CNc2cccc3cccnc23)n1C. The van der Waals surface area contributed by atoms with Gasteiger partial charge in [-0.3, -0.25) is 4.98 Å². The van der Waals surface area contributed by atoms with Crippen LogP contribution in [-0.4, -0.2) is 28.6 Å². The molecule has 0 radical (unpaired) electrons. The summed E-state index contributed by atoms with van der Waals surface area (Å²) in [6, 6.07) is 10.2. The lowest BCUT2D eigenvalue weighted by Crippen LogP contribution is -2.15. The molecule has 21 heavy (non-hydrogen) atoms. The molecular formula is C16H19N5. The van der Waals surface area contributed by atoms with Crippen LogP contribution < -0.4 is 10.2 Å². The van der Waals surface area contributed by atoms with Crippen LogP contribution in [0.25, 0.3) is 10.9 Å². The van der Waals surface area contributed by atoms with Gasteiger partial charge in [-0.05, 0) is 12.1 Å². The Bertz CT molecular complexity index is 755. The molecule has 0 saturated heterocycles. The Balaban J connectivity index is 1.84. The van der Waals surface area contributed by atoms with Crippen molar-refractivity contribution in [3.05, 3.63) is 48.4 Å². The van der Waals surface area contributed by atoms with Gasteiger partial charge in [0.1, 0.15) is 0 Å². The topological polar surface area (TPSA) is 46.0 Å². The van der Waals surface area contributed by atoms with Crippen molar-refractivity contribution in [3.8, 4) is 0 Å². The quantitative estimate of drug-likeness (QED) is 0.798. The molecule has 0 aliphatic carbocycles. The van der Waals surface area contributed by atoms with Gasteiger partial charge in [0, 0.05) is 32.7 Å². The summed E-state index contributed by atoms with van der Waals surface area (Å²) in [5.41, 5.74) is 3.17. The molecule has 3 rings (SSSR count). The monoisotopic (exact) mass is 281 g/mol. The van der Waals surface area contributed by atoms with E-state index in [0.29, 0.717) is 6.54 Å². The Morgan fingerprint density at radius 3 is 2.71 bits per heavy atom. The molecule has 0 amide bonds. The van der Waals surface area contributed by atoms with E-state index in [0.717, 1.165) is 28.2 Å². The van der Waals surface area contributed by atoms with E-state index in [1.54, 1.807) is 0 Å². The van der Waals surface area contributed by atoms with E-state index in [1.807, 2.05) is 50.6 Å². The average Bonchev–Trinajstić information content (AvgIpc) is 2.86. The maximum absolute atomic E-state index is 4.46. The van der Waals surface area contributed by atoms with Crippen molar-refractivity contribution in [2.24, 2.45) is 7.05 Å². The number of nitrogens with zero attached hydrogens (tertiary/aromatic N) is 4. The van der Waals surface area contributed by atoms with E-state index in [-0.39, 0.29) is 0 Å². The third kappa shape index (κ3) is 2.54. The van der Waals surface area contributed by atoms with E-state index < -0.39 is 0 Å². The largest absolute Gasteiger partial charge is 0.378 e.